The van der Waals surface area contributed by atoms with Crippen LogP contribution in [0.5, 0.6) is 11.5 Å². The molecule has 154 valence electrons. The molecule has 0 fully saturated rings. The van der Waals surface area contributed by atoms with E-state index in [4.69, 9.17) is 9.47 Å². The predicted molar refractivity (Wildman–Crippen MR) is 117 cm³/mol. The van der Waals surface area contributed by atoms with Crippen molar-refractivity contribution in [1.29, 1.82) is 0 Å². The number of fused-ring (bicyclic) bond motifs is 2. The van der Waals surface area contributed by atoms with E-state index in [1.54, 1.807) is 60.0 Å². The first kappa shape index (κ1) is 18.7. The summed E-state index contributed by atoms with van der Waals surface area (Å²) >= 11 is 0. The molecule has 0 aliphatic carbocycles. The van der Waals surface area contributed by atoms with Crippen molar-refractivity contribution in [2.45, 2.75) is 6.92 Å². The number of urea groups is 1. The number of amides is 2. The van der Waals surface area contributed by atoms with E-state index in [1.807, 2.05) is 18.2 Å². The highest BCUT2D eigenvalue weighted by atomic mass is 16.7. The van der Waals surface area contributed by atoms with Gasteiger partial charge in [-0.25, -0.2) is 9.78 Å². The SMILES string of the molecule is Cc1nc2ccccc2c(=O)n1-c1ccc(NC(=O)Nc2ccc3c(c2)OCO3)cc1. The van der Waals surface area contributed by atoms with Gasteiger partial charge in [0.05, 0.1) is 16.6 Å². The van der Waals surface area contributed by atoms with E-state index in [2.05, 4.69) is 15.6 Å². The Morgan fingerprint density at radius 3 is 2.48 bits per heavy atom. The second kappa shape index (κ2) is 7.49. The van der Waals surface area contributed by atoms with Crippen LogP contribution in [0.4, 0.5) is 16.2 Å². The minimum absolute atomic E-state index is 0.135. The van der Waals surface area contributed by atoms with E-state index >= 15 is 0 Å². The van der Waals surface area contributed by atoms with E-state index in [0.717, 1.165) is 0 Å². The van der Waals surface area contributed by atoms with Crippen molar-refractivity contribution >= 4 is 28.3 Å². The van der Waals surface area contributed by atoms with Gasteiger partial charge in [0, 0.05) is 17.4 Å². The fraction of sp³-hybridized carbons (Fsp3) is 0.0870. The lowest BCUT2D eigenvalue weighted by molar-refractivity contribution is 0.174. The molecule has 2 N–H and O–H groups in total. The van der Waals surface area contributed by atoms with Crippen molar-refractivity contribution in [1.82, 2.24) is 9.55 Å². The molecule has 0 saturated heterocycles. The number of ether oxygens (including phenoxy) is 2. The topological polar surface area (TPSA) is 94.5 Å². The summed E-state index contributed by atoms with van der Waals surface area (Å²) in [6.45, 7) is 1.96. The molecule has 8 heteroatoms. The smallest absolute Gasteiger partial charge is 0.323 e. The van der Waals surface area contributed by atoms with Crippen molar-refractivity contribution in [3.8, 4) is 17.2 Å². The lowest BCUT2D eigenvalue weighted by atomic mass is 10.2. The molecule has 0 radical (unpaired) electrons. The maximum Gasteiger partial charge on any atom is 0.323 e. The Hall–Kier alpha value is -4.33. The molecule has 0 bridgehead atoms. The molecule has 1 aliphatic heterocycles. The molecule has 2 amide bonds. The monoisotopic (exact) mass is 414 g/mol. The number of nitrogens with zero attached hydrogens (tertiary/aromatic N) is 2. The van der Waals surface area contributed by atoms with Gasteiger partial charge in [-0.3, -0.25) is 9.36 Å². The third-order valence-electron chi connectivity index (χ3n) is 4.96. The minimum Gasteiger partial charge on any atom is -0.454 e. The number of nitrogens with one attached hydrogen (secondary N) is 2. The largest absolute Gasteiger partial charge is 0.454 e. The second-order valence-corrected chi connectivity index (χ2v) is 7.01. The van der Waals surface area contributed by atoms with Crippen molar-refractivity contribution in [3.05, 3.63) is 82.9 Å². The first-order valence-electron chi connectivity index (χ1n) is 9.65. The molecule has 0 spiro atoms. The number of hydrogen-bond donors (Lipinski definition) is 2. The highest BCUT2D eigenvalue weighted by Gasteiger charge is 2.14. The second-order valence-electron chi connectivity index (χ2n) is 7.01. The maximum absolute atomic E-state index is 12.9. The maximum atomic E-state index is 12.9. The van der Waals surface area contributed by atoms with Gasteiger partial charge >= 0.3 is 6.03 Å². The number of aromatic nitrogens is 2. The average Bonchev–Trinajstić information content (AvgIpc) is 3.23. The van der Waals surface area contributed by atoms with Gasteiger partial charge in [-0.2, -0.15) is 0 Å². The van der Waals surface area contributed by atoms with E-state index in [-0.39, 0.29) is 12.4 Å². The number of aryl methyl sites for hydroxylation is 1. The van der Waals surface area contributed by atoms with Gasteiger partial charge in [0.15, 0.2) is 11.5 Å². The molecular weight excluding hydrogens is 396 g/mol. The number of anilines is 2. The van der Waals surface area contributed by atoms with Crippen LogP contribution in [0.1, 0.15) is 5.82 Å². The van der Waals surface area contributed by atoms with Crippen LogP contribution in [0.25, 0.3) is 16.6 Å². The number of rotatable bonds is 3. The fourth-order valence-corrected chi connectivity index (χ4v) is 3.51. The van der Waals surface area contributed by atoms with Gasteiger partial charge < -0.3 is 20.1 Å². The average molecular weight is 414 g/mol. The van der Waals surface area contributed by atoms with Gasteiger partial charge in [-0.05, 0) is 55.5 Å². The molecular formula is C23H18N4O4. The summed E-state index contributed by atoms with van der Waals surface area (Å²) in [5.41, 5.74) is 2.37. The van der Waals surface area contributed by atoms with E-state index < -0.39 is 6.03 Å². The number of hydrogen-bond acceptors (Lipinski definition) is 5. The molecule has 1 aromatic heterocycles. The standard InChI is InChI=1S/C23H18N4O4/c1-14-24-19-5-3-2-4-18(19)22(28)27(14)17-9-6-15(7-10-17)25-23(29)26-16-8-11-20-21(12-16)31-13-30-20/h2-12H,13H2,1H3,(H2,25,26,29). The van der Waals surface area contributed by atoms with Crippen LogP contribution in [0.2, 0.25) is 0 Å². The van der Waals surface area contributed by atoms with Crippen LogP contribution >= 0.6 is 0 Å². The molecule has 1 aliphatic rings. The first-order chi connectivity index (χ1) is 15.1. The van der Waals surface area contributed by atoms with Crippen LogP contribution in [-0.2, 0) is 0 Å². The molecule has 5 rings (SSSR count). The summed E-state index contributed by atoms with van der Waals surface area (Å²) in [5, 5.41) is 6.08. The van der Waals surface area contributed by atoms with E-state index in [1.165, 1.54) is 0 Å². The van der Waals surface area contributed by atoms with Crippen LogP contribution in [0.15, 0.2) is 71.5 Å². The zero-order valence-corrected chi connectivity index (χ0v) is 16.6. The Bertz CT molecular complexity index is 1360. The summed E-state index contributed by atoms with van der Waals surface area (Å²) in [7, 11) is 0. The normalized spacial score (nSPS) is 12.0. The van der Waals surface area contributed by atoms with Crippen molar-refractivity contribution in [2.24, 2.45) is 0 Å². The van der Waals surface area contributed by atoms with Gasteiger partial charge in [0.2, 0.25) is 6.79 Å². The summed E-state index contributed by atoms with van der Waals surface area (Å²) in [5.74, 6) is 1.83. The van der Waals surface area contributed by atoms with Crippen molar-refractivity contribution < 1.29 is 14.3 Å². The third-order valence-corrected chi connectivity index (χ3v) is 4.96. The molecule has 0 unspecified atom stereocenters. The lowest BCUT2D eigenvalue weighted by Gasteiger charge is -2.12. The summed E-state index contributed by atoms with van der Waals surface area (Å²) in [6.07, 6.45) is 0. The highest BCUT2D eigenvalue weighted by molar-refractivity contribution is 6.00. The zero-order chi connectivity index (χ0) is 21.4. The fourth-order valence-electron chi connectivity index (χ4n) is 3.51. The van der Waals surface area contributed by atoms with Gasteiger partial charge in [-0.15, -0.1) is 0 Å². The molecule has 0 saturated carbocycles. The summed E-state index contributed by atoms with van der Waals surface area (Å²) in [4.78, 5) is 29.8. The zero-order valence-electron chi connectivity index (χ0n) is 16.6. The van der Waals surface area contributed by atoms with Crippen LogP contribution < -0.4 is 25.7 Å². The Kier molecular flexibility index (Phi) is 4.51. The number of carbonyl (C=O) groups is 1. The predicted octanol–water partition coefficient (Wildman–Crippen LogP) is 4.07. The molecule has 31 heavy (non-hydrogen) atoms. The van der Waals surface area contributed by atoms with Gasteiger partial charge in [-0.1, -0.05) is 12.1 Å². The third kappa shape index (κ3) is 3.55. The quantitative estimate of drug-likeness (QED) is 0.527. The van der Waals surface area contributed by atoms with Crippen LogP contribution in [0, 0.1) is 6.92 Å². The number of para-hydroxylation sites is 1. The van der Waals surface area contributed by atoms with Crippen LogP contribution in [0.3, 0.4) is 0 Å². The Morgan fingerprint density at radius 1 is 0.935 bits per heavy atom. The molecule has 0 atom stereocenters. The molecule has 8 nitrogen and oxygen atoms in total. The minimum atomic E-state index is -0.396. The summed E-state index contributed by atoms with van der Waals surface area (Å²) < 4.78 is 12.1. The van der Waals surface area contributed by atoms with Crippen molar-refractivity contribution in [2.75, 3.05) is 17.4 Å². The van der Waals surface area contributed by atoms with E-state index in [0.29, 0.717) is 45.3 Å². The molecule has 2 heterocycles. The lowest BCUT2D eigenvalue weighted by Crippen LogP contribution is -2.22. The number of benzene rings is 3. The highest BCUT2D eigenvalue weighted by Crippen LogP contribution is 2.34. The van der Waals surface area contributed by atoms with Gasteiger partial charge in [0.1, 0.15) is 5.82 Å². The van der Waals surface area contributed by atoms with E-state index in [9.17, 15) is 9.59 Å². The Balaban J connectivity index is 1.34. The number of carbonyl (C=O) groups excluding carboxylic acids is 1. The molecule has 4 aromatic rings. The van der Waals surface area contributed by atoms with Crippen molar-refractivity contribution in [3.63, 3.8) is 0 Å². The summed E-state index contributed by atoms with van der Waals surface area (Å²) in [6, 6.07) is 19.0. The Labute approximate surface area is 177 Å². The molecule has 3 aromatic carbocycles. The Morgan fingerprint density at radius 2 is 1.65 bits per heavy atom. The first-order valence-corrected chi connectivity index (χ1v) is 9.65. The van der Waals surface area contributed by atoms with Gasteiger partial charge in [0.25, 0.3) is 5.56 Å². The van der Waals surface area contributed by atoms with Crippen LogP contribution in [-0.4, -0.2) is 22.4 Å².